The predicted octanol–water partition coefficient (Wildman–Crippen LogP) is 3.28. The van der Waals surface area contributed by atoms with Crippen molar-refractivity contribution in [2.24, 2.45) is 0 Å². The van der Waals surface area contributed by atoms with E-state index in [9.17, 15) is 9.50 Å². The third-order valence-corrected chi connectivity index (χ3v) is 2.96. The molecule has 0 fully saturated rings. The van der Waals surface area contributed by atoms with Gasteiger partial charge in [-0.25, -0.2) is 4.39 Å². The molecule has 96 valence electrons. The monoisotopic (exact) mass is 239 g/mol. The SMILES string of the molecule is CCCC(O)CCCCc1ccc(F)cc1N. The molecule has 1 unspecified atom stereocenters. The smallest absolute Gasteiger partial charge is 0.125 e. The second kappa shape index (κ2) is 7.28. The highest BCUT2D eigenvalue weighted by atomic mass is 19.1. The van der Waals surface area contributed by atoms with Crippen LogP contribution in [-0.4, -0.2) is 11.2 Å². The lowest BCUT2D eigenvalue weighted by Crippen LogP contribution is -2.05. The first kappa shape index (κ1) is 14.0. The Hall–Kier alpha value is -1.09. The van der Waals surface area contributed by atoms with Crippen LogP contribution in [0.25, 0.3) is 0 Å². The largest absolute Gasteiger partial charge is 0.398 e. The number of nitrogen functional groups attached to an aromatic ring is 1. The van der Waals surface area contributed by atoms with E-state index in [4.69, 9.17) is 5.73 Å². The fourth-order valence-electron chi connectivity index (χ4n) is 1.97. The molecule has 1 aromatic rings. The van der Waals surface area contributed by atoms with Crippen LogP contribution in [0.4, 0.5) is 10.1 Å². The summed E-state index contributed by atoms with van der Waals surface area (Å²) in [5.41, 5.74) is 7.25. The molecule has 3 N–H and O–H groups in total. The van der Waals surface area contributed by atoms with E-state index in [0.29, 0.717) is 5.69 Å². The molecular formula is C14H22FNO. The van der Waals surface area contributed by atoms with Gasteiger partial charge in [0.2, 0.25) is 0 Å². The number of aliphatic hydroxyl groups is 1. The predicted molar refractivity (Wildman–Crippen MR) is 69.3 cm³/mol. The molecule has 2 nitrogen and oxygen atoms in total. The van der Waals surface area contributed by atoms with Crippen molar-refractivity contribution in [1.82, 2.24) is 0 Å². The molecule has 0 saturated carbocycles. The zero-order chi connectivity index (χ0) is 12.7. The van der Waals surface area contributed by atoms with Gasteiger partial charge in [0.05, 0.1) is 6.10 Å². The van der Waals surface area contributed by atoms with Gasteiger partial charge in [-0.1, -0.05) is 25.8 Å². The number of hydrogen-bond acceptors (Lipinski definition) is 2. The van der Waals surface area contributed by atoms with Crippen LogP contribution in [0.5, 0.6) is 0 Å². The molecule has 0 radical (unpaired) electrons. The van der Waals surface area contributed by atoms with Crippen molar-refractivity contribution in [2.45, 2.75) is 51.6 Å². The van der Waals surface area contributed by atoms with Crippen LogP contribution in [0.15, 0.2) is 18.2 Å². The normalized spacial score (nSPS) is 12.6. The molecule has 0 aliphatic carbocycles. The summed E-state index contributed by atoms with van der Waals surface area (Å²) in [5, 5.41) is 9.56. The van der Waals surface area contributed by atoms with Crippen molar-refractivity contribution >= 4 is 5.69 Å². The molecule has 0 aromatic heterocycles. The summed E-state index contributed by atoms with van der Waals surface area (Å²) in [6.07, 6.45) is 5.38. The number of rotatable bonds is 7. The van der Waals surface area contributed by atoms with Gasteiger partial charge in [0.1, 0.15) is 5.82 Å². The number of aliphatic hydroxyl groups excluding tert-OH is 1. The first-order chi connectivity index (χ1) is 8.13. The number of unbranched alkanes of at least 4 members (excludes halogenated alkanes) is 1. The Morgan fingerprint density at radius 2 is 2.06 bits per heavy atom. The van der Waals surface area contributed by atoms with Gasteiger partial charge >= 0.3 is 0 Å². The highest BCUT2D eigenvalue weighted by Crippen LogP contribution is 2.17. The zero-order valence-electron chi connectivity index (χ0n) is 10.5. The molecule has 1 aromatic carbocycles. The van der Waals surface area contributed by atoms with Crippen molar-refractivity contribution in [3.05, 3.63) is 29.6 Å². The summed E-state index contributed by atoms with van der Waals surface area (Å²) < 4.78 is 12.8. The van der Waals surface area contributed by atoms with Crippen molar-refractivity contribution in [1.29, 1.82) is 0 Å². The summed E-state index contributed by atoms with van der Waals surface area (Å²) >= 11 is 0. The summed E-state index contributed by atoms with van der Waals surface area (Å²) in [4.78, 5) is 0. The van der Waals surface area contributed by atoms with E-state index in [1.165, 1.54) is 12.1 Å². The average molecular weight is 239 g/mol. The molecule has 0 bridgehead atoms. The Morgan fingerprint density at radius 1 is 1.29 bits per heavy atom. The van der Waals surface area contributed by atoms with Crippen LogP contribution in [0.1, 0.15) is 44.6 Å². The molecule has 0 aliphatic rings. The van der Waals surface area contributed by atoms with E-state index in [1.54, 1.807) is 6.07 Å². The molecular weight excluding hydrogens is 217 g/mol. The van der Waals surface area contributed by atoms with Gasteiger partial charge in [-0.3, -0.25) is 0 Å². The van der Waals surface area contributed by atoms with E-state index in [0.717, 1.165) is 44.1 Å². The molecule has 3 heteroatoms. The summed E-state index contributed by atoms with van der Waals surface area (Å²) in [6.45, 7) is 2.07. The van der Waals surface area contributed by atoms with Gasteiger partial charge in [-0.15, -0.1) is 0 Å². The van der Waals surface area contributed by atoms with Crippen LogP contribution < -0.4 is 5.73 Å². The van der Waals surface area contributed by atoms with Gasteiger partial charge in [-0.05, 0) is 43.4 Å². The van der Waals surface area contributed by atoms with E-state index < -0.39 is 0 Å². The van der Waals surface area contributed by atoms with Crippen molar-refractivity contribution < 1.29 is 9.50 Å². The van der Waals surface area contributed by atoms with Crippen LogP contribution >= 0.6 is 0 Å². The fraction of sp³-hybridized carbons (Fsp3) is 0.571. The number of nitrogens with two attached hydrogens (primary N) is 1. The van der Waals surface area contributed by atoms with E-state index in [-0.39, 0.29) is 11.9 Å². The lowest BCUT2D eigenvalue weighted by atomic mass is 10.0. The minimum atomic E-state index is -0.287. The maximum Gasteiger partial charge on any atom is 0.125 e. The minimum Gasteiger partial charge on any atom is -0.398 e. The summed E-state index contributed by atoms with van der Waals surface area (Å²) in [5.74, 6) is -0.287. The quantitative estimate of drug-likeness (QED) is 0.566. The van der Waals surface area contributed by atoms with Gasteiger partial charge in [-0.2, -0.15) is 0 Å². The zero-order valence-corrected chi connectivity index (χ0v) is 10.5. The third kappa shape index (κ3) is 5.18. The summed E-state index contributed by atoms with van der Waals surface area (Å²) in [6, 6.07) is 4.55. The van der Waals surface area contributed by atoms with E-state index >= 15 is 0 Å². The Bertz CT molecular complexity index is 341. The van der Waals surface area contributed by atoms with Crippen molar-refractivity contribution in [3.8, 4) is 0 Å². The van der Waals surface area contributed by atoms with Gasteiger partial charge < -0.3 is 10.8 Å². The number of hydrogen-bond donors (Lipinski definition) is 2. The Morgan fingerprint density at radius 3 is 2.71 bits per heavy atom. The lowest BCUT2D eigenvalue weighted by molar-refractivity contribution is 0.150. The standard InChI is InChI=1S/C14H22FNO/c1-2-5-13(17)7-4-3-6-11-8-9-12(15)10-14(11)16/h8-10,13,17H,2-7,16H2,1H3. The second-order valence-electron chi connectivity index (χ2n) is 4.53. The van der Waals surface area contributed by atoms with Crippen LogP contribution in [0.3, 0.4) is 0 Å². The average Bonchev–Trinajstić information content (AvgIpc) is 2.27. The number of halogens is 1. The van der Waals surface area contributed by atoms with Crippen molar-refractivity contribution in [2.75, 3.05) is 5.73 Å². The molecule has 0 saturated heterocycles. The van der Waals surface area contributed by atoms with E-state index in [2.05, 4.69) is 6.92 Å². The maximum absolute atomic E-state index is 12.8. The van der Waals surface area contributed by atoms with Gasteiger partial charge in [0.15, 0.2) is 0 Å². The van der Waals surface area contributed by atoms with E-state index in [1.807, 2.05) is 0 Å². The van der Waals surface area contributed by atoms with Crippen LogP contribution in [0.2, 0.25) is 0 Å². The van der Waals surface area contributed by atoms with Gasteiger partial charge in [0.25, 0.3) is 0 Å². The minimum absolute atomic E-state index is 0.175. The lowest BCUT2D eigenvalue weighted by Gasteiger charge is -2.09. The van der Waals surface area contributed by atoms with Gasteiger partial charge in [0, 0.05) is 5.69 Å². The Labute approximate surface area is 103 Å². The topological polar surface area (TPSA) is 46.2 Å². The number of aryl methyl sites for hydroxylation is 1. The number of benzene rings is 1. The highest BCUT2D eigenvalue weighted by Gasteiger charge is 2.04. The maximum atomic E-state index is 12.8. The molecule has 0 heterocycles. The molecule has 0 aliphatic heterocycles. The molecule has 0 amide bonds. The molecule has 0 spiro atoms. The summed E-state index contributed by atoms with van der Waals surface area (Å²) in [7, 11) is 0. The van der Waals surface area contributed by atoms with Crippen LogP contribution in [-0.2, 0) is 6.42 Å². The molecule has 1 atom stereocenters. The first-order valence-corrected chi connectivity index (χ1v) is 6.35. The highest BCUT2D eigenvalue weighted by molar-refractivity contribution is 5.46. The van der Waals surface area contributed by atoms with Crippen LogP contribution in [0, 0.1) is 5.82 Å². The fourth-order valence-corrected chi connectivity index (χ4v) is 1.97. The third-order valence-electron chi connectivity index (χ3n) is 2.96. The number of anilines is 1. The van der Waals surface area contributed by atoms with Crippen molar-refractivity contribution in [3.63, 3.8) is 0 Å². The molecule has 17 heavy (non-hydrogen) atoms. The second-order valence-corrected chi connectivity index (χ2v) is 4.53. The Balaban J connectivity index is 2.26. The first-order valence-electron chi connectivity index (χ1n) is 6.35. The Kier molecular flexibility index (Phi) is 5.98. The molecule has 1 rings (SSSR count).